The summed E-state index contributed by atoms with van der Waals surface area (Å²) in [5.74, 6) is 0.791. The number of rotatable bonds is 6. The first-order chi connectivity index (χ1) is 10.0. The normalized spacial score (nSPS) is 20.7. The van der Waals surface area contributed by atoms with Gasteiger partial charge >= 0.3 is 0 Å². The van der Waals surface area contributed by atoms with E-state index < -0.39 is 0 Å². The molecule has 2 rings (SSSR count). The van der Waals surface area contributed by atoms with Crippen LogP contribution in [0.3, 0.4) is 0 Å². The Kier molecular flexibility index (Phi) is 6.08. The highest BCUT2D eigenvalue weighted by molar-refractivity contribution is 9.10. The van der Waals surface area contributed by atoms with Crippen molar-refractivity contribution in [2.75, 3.05) is 45.2 Å². The van der Waals surface area contributed by atoms with Crippen molar-refractivity contribution in [3.8, 4) is 0 Å². The molecule has 0 radical (unpaired) electrons. The minimum atomic E-state index is 0.382. The third kappa shape index (κ3) is 4.44. The van der Waals surface area contributed by atoms with Crippen molar-refractivity contribution in [2.24, 2.45) is 5.92 Å². The minimum Gasteiger partial charge on any atom is -0.374 e. The highest BCUT2D eigenvalue weighted by Gasteiger charge is 2.21. The van der Waals surface area contributed by atoms with Crippen LogP contribution >= 0.6 is 15.9 Å². The molecular weight excluding hydrogens is 326 g/mol. The molecule has 1 aromatic rings. The quantitative estimate of drug-likeness (QED) is 0.844. The van der Waals surface area contributed by atoms with Gasteiger partial charge in [0.15, 0.2) is 0 Å². The van der Waals surface area contributed by atoms with E-state index in [4.69, 9.17) is 0 Å². The molecule has 0 saturated carbocycles. The van der Waals surface area contributed by atoms with Crippen molar-refractivity contribution in [2.45, 2.75) is 26.3 Å². The smallest absolute Gasteiger partial charge is 0.0375 e. The van der Waals surface area contributed by atoms with E-state index in [2.05, 4.69) is 77.2 Å². The van der Waals surface area contributed by atoms with Crippen LogP contribution in [0.4, 0.5) is 5.69 Å². The molecule has 0 aliphatic carbocycles. The van der Waals surface area contributed by atoms with Gasteiger partial charge in [0.05, 0.1) is 0 Å². The summed E-state index contributed by atoms with van der Waals surface area (Å²) in [7, 11) is 4.42. The largest absolute Gasteiger partial charge is 0.374 e. The lowest BCUT2D eigenvalue weighted by Crippen LogP contribution is -2.27. The molecule has 1 saturated heterocycles. The number of likely N-dealkylation sites (tertiary alicyclic amines) is 1. The van der Waals surface area contributed by atoms with Crippen molar-refractivity contribution >= 4 is 21.6 Å². The lowest BCUT2D eigenvalue weighted by Gasteiger charge is -2.24. The van der Waals surface area contributed by atoms with Gasteiger partial charge in [-0.1, -0.05) is 28.9 Å². The number of benzene rings is 1. The molecular formula is C17H28BrN3. The zero-order chi connectivity index (χ0) is 15.4. The Hall–Kier alpha value is -0.580. The van der Waals surface area contributed by atoms with Gasteiger partial charge < -0.3 is 15.1 Å². The van der Waals surface area contributed by atoms with Crippen LogP contribution in [0.2, 0.25) is 0 Å². The van der Waals surface area contributed by atoms with Crippen molar-refractivity contribution in [3.63, 3.8) is 0 Å². The predicted molar refractivity (Wildman–Crippen MR) is 95.1 cm³/mol. The van der Waals surface area contributed by atoms with Crippen LogP contribution in [0.1, 0.15) is 31.9 Å². The van der Waals surface area contributed by atoms with Gasteiger partial charge in [-0.25, -0.2) is 0 Å². The Morgan fingerprint density at radius 2 is 2.24 bits per heavy atom. The van der Waals surface area contributed by atoms with Gasteiger partial charge in [0.1, 0.15) is 0 Å². The summed E-state index contributed by atoms with van der Waals surface area (Å²) in [6, 6.07) is 7.12. The maximum absolute atomic E-state index is 3.73. The average molecular weight is 354 g/mol. The fraction of sp³-hybridized carbons (Fsp3) is 0.647. The molecule has 1 aromatic carbocycles. The molecule has 4 heteroatoms. The van der Waals surface area contributed by atoms with Gasteiger partial charge in [0, 0.05) is 36.3 Å². The molecule has 3 nitrogen and oxygen atoms in total. The van der Waals surface area contributed by atoms with E-state index in [1.165, 1.54) is 35.2 Å². The number of nitrogens with one attached hydrogen (secondary N) is 1. The second kappa shape index (κ2) is 7.61. The maximum atomic E-state index is 3.73. The lowest BCUT2D eigenvalue weighted by atomic mass is 10.1. The van der Waals surface area contributed by atoms with E-state index in [9.17, 15) is 0 Å². The second-order valence-corrected chi connectivity index (χ2v) is 7.14. The van der Waals surface area contributed by atoms with Crippen molar-refractivity contribution < 1.29 is 0 Å². The summed E-state index contributed by atoms with van der Waals surface area (Å²) in [5, 5.41) is 3.47. The molecule has 1 aliphatic heterocycles. The molecule has 0 bridgehead atoms. The van der Waals surface area contributed by atoms with Gasteiger partial charge in [-0.2, -0.15) is 0 Å². The number of anilines is 1. The fourth-order valence-electron chi connectivity index (χ4n) is 3.19. The summed E-state index contributed by atoms with van der Waals surface area (Å²) >= 11 is 3.73. The summed E-state index contributed by atoms with van der Waals surface area (Å²) < 4.78 is 1.20. The second-order valence-electron chi connectivity index (χ2n) is 6.28. The molecule has 1 fully saturated rings. The van der Waals surface area contributed by atoms with E-state index in [0.29, 0.717) is 6.04 Å². The molecule has 1 heterocycles. The van der Waals surface area contributed by atoms with Crippen LogP contribution in [-0.4, -0.2) is 45.2 Å². The summed E-state index contributed by atoms with van der Waals surface area (Å²) in [6.07, 6.45) is 1.32. The van der Waals surface area contributed by atoms with E-state index in [1.54, 1.807) is 0 Å². The van der Waals surface area contributed by atoms with E-state index in [0.717, 1.165) is 19.0 Å². The number of hydrogen-bond acceptors (Lipinski definition) is 3. The Labute approximate surface area is 137 Å². The van der Waals surface area contributed by atoms with Crippen LogP contribution in [-0.2, 0) is 0 Å². The molecule has 1 aliphatic rings. The molecule has 2 unspecified atom stereocenters. The van der Waals surface area contributed by atoms with Crippen LogP contribution in [0.15, 0.2) is 22.7 Å². The number of nitrogens with zero attached hydrogens (tertiary/aromatic N) is 2. The third-order valence-corrected chi connectivity index (χ3v) is 5.11. The first-order valence-corrected chi connectivity index (χ1v) is 8.73. The highest BCUT2D eigenvalue weighted by atomic mass is 79.9. The van der Waals surface area contributed by atoms with Crippen LogP contribution in [0.5, 0.6) is 0 Å². The molecule has 21 heavy (non-hydrogen) atoms. The average Bonchev–Trinajstić information content (AvgIpc) is 2.84. The Bertz CT molecular complexity index is 463. The minimum absolute atomic E-state index is 0.382. The van der Waals surface area contributed by atoms with Gasteiger partial charge in [0.25, 0.3) is 0 Å². The molecule has 118 valence electrons. The predicted octanol–water partition coefficient (Wildman–Crippen LogP) is 3.51. The zero-order valence-corrected chi connectivity index (χ0v) is 15.3. The van der Waals surface area contributed by atoms with Crippen LogP contribution < -0.4 is 10.2 Å². The van der Waals surface area contributed by atoms with Crippen molar-refractivity contribution in [3.05, 3.63) is 28.2 Å². The molecule has 1 N–H and O–H groups in total. The standard InChI is InChI=1S/C17H28BrN3/c1-5-19-13(2)16-7-6-15(10-17(16)18)21(4)12-14-8-9-20(3)11-14/h6-7,10,13-14,19H,5,8-9,11-12H2,1-4H3. The van der Waals surface area contributed by atoms with Crippen LogP contribution in [0, 0.1) is 5.92 Å². The van der Waals surface area contributed by atoms with Gasteiger partial charge in [-0.05, 0) is 57.1 Å². The van der Waals surface area contributed by atoms with Gasteiger partial charge in [0.2, 0.25) is 0 Å². The molecule has 0 spiro atoms. The van der Waals surface area contributed by atoms with Crippen molar-refractivity contribution in [1.29, 1.82) is 0 Å². The monoisotopic (exact) mass is 353 g/mol. The summed E-state index contributed by atoms with van der Waals surface area (Å²) in [6.45, 7) is 8.94. The van der Waals surface area contributed by atoms with E-state index >= 15 is 0 Å². The fourth-order valence-corrected chi connectivity index (χ4v) is 3.90. The van der Waals surface area contributed by atoms with Crippen LogP contribution in [0.25, 0.3) is 0 Å². The summed E-state index contributed by atoms with van der Waals surface area (Å²) in [4.78, 5) is 4.81. The first kappa shape index (κ1) is 16.8. The van der Waals surface area contributed by atoms with E-state index in [1.807, 2.05) is 0 Å². The first-order valence-electron chi connectivity index (χ1n) is 7.93. The third-order valence-electron chi connectivity index (χ3n) is 4.42. The SMILES string of the molecule is CCNC(C)c1ccc(N(C)CC2CCN(C)C2)cc1Br. The maximum Gasteiger partial charge on any atom is 0.0375 e. The topological polar surface area (TPSA) is 18.5 Å². The van der Waals surface area contributed by atoms with Gasteiger partial charge in [-0.15, -0.1) is 0 Å². The lowest BCUT2D eigenvalue weighted by molar-refractivity contribution is 0.396. The highest BCUT2D eigenvalue weighted by Crippen LogP contribution is 2.29. The Balaban J connectivity index is 2.01. The molecule has 0 amide bonds. The molecule has 2 atom stereocenters. The number of halogens is 1. The van der Waals surface area contributed by atoms with Crippen molar-refractivity contribution in [1.82, 2.24) is 10.2 Å². The Morgan fingerprint density at radius 1 is 1.48 bits per heavy atom. The van der Waals surface area contributed by atoms with E-state index in [-0.39, 0.29) is 0 Å². The summed E-state index contributed by atoms with van der Waals surface area (Å²) in [5.41, 5.74) is 2.62. The Morgan fingerprint density at radius 3 is 2.81 bits per heavy atom. The number of hydrogen-bond donors (Lipinski definition) is 1. The molecule has 0 aromatic heterocycles. The van der Waals surface area contributed by atoms with Gasteiger partial charge in [-0.3, -0.25) is 0 Å². The zero-order valence-electron chi connectivity index (χ0n) is 13.7.